The molecule has 1 amide bonds. The number of ether oxygens (including phenoxy) is 2. The smallest absolute Gasteiger partial charge is 0.262 e. The van der Waals surface area contributed by atoms with Gasteiger partial charge < -0.3 is 14.8 Å². The van der Waals surface area contributed by atoms with Crippen LogP contribution in [0.5, 0.6) is 11.5 Å². The van der Waals surface area contributed by atoms with Crippen LogP contribution in [-0.2, 0) is 10.0 Å². The van der Waals surface area contributed by atoms with Crippen LogP contribution in [0.15, 0.2) is 47.4 Å². The van der Waals surface area contributed by atoms with Crippen LogP contribution >= 0.6 is 0 Å². The summed E-state index contributed by atoms with van der Waals surface area (Å²) in [5.41, 5.74) is 0.549. The molecule has 0 spiro atoms. The monoisotopic (exact) mass is 416 g/mol. The van der Waals surface area contributed by atoms with Gasteiger partial charge in [-0.1, -0.05) is 25.0 Å². The van der Waals surface area contributed by atoms with E-state index in [0.717, 1.165) is 32.1 Å². The normalized spacial score (nSPS) is 16.8. The predicted molar refractivity (Wildman–Crippen MR) is 109 cm³/mol. The summed E-state index contributed by atoms with van der Waals surface area (Å²) in [5.74, 6) is 0.657. The zero-order valence-electron chi connectivity index (χ0n) is 16.0. The Kier molecular flexibility index (Phi) is 5.62. The molecular formula is C21H24N2O5S. The second-order valence-corrected chi connectivity index (χ2v) is 8.95. The number of para-hydroxylation sites is 1. The van der Waals surface area contributed by atoms with Crippen molar-refractivity contribution in [3.05, 3.63) is 48.0 Å². The molecule has 4 rings (SSSR count). The largest absolute Gasteiger partial charge is 0.490 e. The number of hydrogen-bond acceptors (Lipinski definition) is 5. The van der Waals surface area contributed by atoms with Crippen molar-refractivity contribution in [2.45, 2.75) is 43.0 Å². The van der Waals surface area contributed by atoms with Gasteiger partial charge in [-0.2, -0.15) is 0 Å². The highest BCUT2D eigenvalue weighted by Crippen LogP contribution is 2.32. The van der Waals surface area contributed by atoms with E-state index in [1.807, 2.05) is 0 Å². The lowest BCUT2D eigenvalue weighted by atomic mass is 10.1. The van der Waals surface area contributed by atoms with E-state index in [1.54, 1.807) is 30.3 Å². The summed E-state index contributed by atoms with van der Waals surface area (Å²) in [6.45, 7) is 0.995. The van der Waals surface area contributed by atoms with Crippen molar-refractivity contribution in [2.75, 3.05) is 17.9 Å². The summed E-state index contributed by atoms with van der Waals surface area (Å²) in [5, 5.41) is 3.00. The van der Waals surface area contributed by atoms with E-state index < -0.39 is 10.0 Å². The Bertz CT molecular complexity index is 1000. The summed E-state index contributed by atoms with van der Waals surface area (Å²) < 4.78 is 39.6. The first-order chi connectivity index (χ1) is 14.0. The molecule has 0 bridgehead atoms. The fraction of sp³-hybridized carbons (Fsp3) is 0.381. The average molecular weight is 416 g/mol. The fourth-order valence-corrected chi connectivity index (χ4v) is 4.71. The first-order valence-corrected chi connectivity index (χ1v) is 11.3. The molecule has 1 aliphatic carbocycles. The zero-order valence-corrected chi connectivity index (χ0v) is 16.8. The Labute approximate surface area is 170 Å². The van der Waals surface area contributed by atoms with Crippen molar-refractivity contribution in [3.8, 4) is 11.5 Å². The molecule has 29 heavy (non-hydrogen) atoms. The van der Waals surface area contributed by atoms with Gasteiger partial charge in [0.05, 0.1) is 29.4 Å². The molecule has 0 radical (unpaired) electrons. The first-order valence-electron chi connectivity index (χ1n) is 9.85. The van der Waals surface area contributed by atoms with Gasteiger partial charge >= 0.3 is 0 Å². The Hall–Kier alpha value is -2.74. The average Bonchev–Trinajstić information content (AvgIpc) is 3.10. The summed E-state index contributed by atoms with van der Waals surface area (Å²) in [4.78, 5) is 12.7. The summed E-state index contributed by atoms with van der Waals surface area (Å²) >= 11 is 0. The lowest BCUT2D eigenvalue weighted by Crippen LogP contribution is -2.33. The molecule has 1 fully saturated rings. The topological polar surface area (TPSA) is 93.7 Å². The van der Waals surface area contributed by atoms with Gasteiger partial charge in [0, 0.05) is 18.5 Å². The molecule has 0 saturated heterocycles. The Morgan fingerprint density at radius 2 is 1.66 bits per heavy atom. The van der Waals surface area contributed by atoms with E-state index in [1.165, 1.54) is 12.1 Å². The second-order valence-electron chi connectivity index (χ2n) is 7.26. The van der Waals surface area contributed by atoms with E-state index in [2.05, 4.69) is 10.0 Å². The maximum Gasteiger partial charge on any atom is 0.262 e. The quantitative estimate of drug-likeness (QED) is 0.780. The highest BCUT2D eigenvalue weighted by Gasteiger charge is 2.23. The van der Waals surface area contributed by atoms with Crippen LogP contribution in [0.25, 0.3) is 0 Å². The Balaban J connectivity index is 1.57. The minimum atomic E-state index is -3.91. The number of hydrogen-bond donors (Lipinski definition) is 2. The Morgan fingerprint density at radius 3 is 2.45 bits per heavy atom. The number of carbonyl (C=O) groups excluding carboxylic acids is 1. The van der Waals surface area contributed by atoms with E-state index in [0.29, 0.717) is 30.3 Å². The molecule has 2 aromatic carbocycles. The minimum Gasteiger partial charge on any atom is -0.490 e. The highest BCUT2D eigenvalue weighted by atomic mass is 32.2. The molecule has 7 nitrogen and oxygen atoms in total. The zero-order chi connectivity index (χ0) is 20.3. The maximum absolute atomic E-state index is 13.0. The highest BCUT2D eigenvalue weighted by molar-refractivity contribution is 7.92. The summed E-state index contributed by atoms with van der Waals surface area (Å²) in [6, 6.07) is 11.3. The second kappa shape index (κ2) is 8.32. The fourth-order valence-electron chi connectivity index (χ4n) is 3.62. The van der Waals surface area contributed by atoms with Crippen LogP contribution in [0, 0.1) is 0 Å². The lowest BCUT2D eigenvalue weighted by molar-refractivity contribution is 0.0939. The van der Waals surface area contributed by atoms with E-state index >= 15 is 0 Å². The number of nitrogens with one attached hydrogen (secondary N) is 2. The molecule has 2 aliphatic rings. The molecule has 2 aromatic rings. The number of sulfonamides is 1. The molecule has 8 heteroatoms. The Morgan fingerprint density at radius 1 is 0.931 bits per heavy atom. The molecule has 0 atom stereocenters. The molecular weight excluding hydrogens is 392 g/mol. The third-order valence-corrected chi connectivity index (χ3v) is 6.50. The third-order valence-electron chi connectivity index (χ3n) is 5.14. The van der Waals surface area contributed by atoms with Crippen molar-refractivity contribution in [1.82, 2.24) is 5.32 Å². The van der Waals surface area contributed by atoms with Crippen molar-refractivity contribution in [2.24, 2.45) is 0 Å². The molecule has 1 saturated carbocycles. The van der Waals surface area contributed by atoms with Crippen LogP contribution < -0.4 is 19.5 Å². The number of amides is 1. The number of anilines is 1. The van der Waals surface area contributed by atoms with Crippen LogP contribution in [0.4, 0.5) is 5.69 Å². The van der Waals surface area contributed by atoms with Crippen LogP contribution in [0.1, 0.15) is 42.5 Å². The van der Waals surface area contributed by atoms with Crippen LogP contribution in [0.3, 0.4) is 0 Å². The molecule has 154 valence electrons. The van der Waals surface area contributed by atoms with Crippen molar-refractivity contribution in [1.29, 1.82) is 0 Å². The molecule has 1 heterocycles. The molecule has 0 unspecified atom stereocenters. The van der Waals surface area contributed by atoms with Gasteiger partial charge in [-0.25, -0.2) is 8.42 Å². The SMILES string of the molecule is O=C(NC1CCCC1)c1ccccc1NS(=O)(=O)c1ccc2c(c1)OCCCO2. The van der Waals surface area contributed by atoms with E-state index in [9.17, 15) is 13.2 Å². The first kappa shape index (κ1) is 19.6. The predicted octanol–water partition coefficient (Wildman–Crippen LogP) is 3.32. The number of rotatable bonds is 5. The summed E-state index contributed by atoms with van der Waals surface area (Å²) in [7, 11) is -3.91. The van der Waals surface area contributed by atoms with E-state index in [-0.39, 0.29) is 22.5 Å². The third kappa shape index (κ3) is 4.48. The number of carbonyl (C=O) groups is 1. The minimum absolute atomic E-state index is 0.0488. The van der Waals surface area contributed by atoms with Gasteiger partial charge in [0.1, 0.15) is 0 Å². The lowest BCUT2D eigenvalue weighted by Gasteiger charge is -2.16. The van der Waals surface area contributed by atoms with Crippen molar-refractivity contribution < 1.29 is 22.7 Å². The van der Waals surface area contributed by atoms with Gasteiger partial charge in [-0.3, -0.25) is 9.52 Å². The molecule has 2 N–H and O–H groups in total. The van der Waals surface area contributed by atoms with Gasteiger partial charge in [0.25, 0.3) is 15.9 Å². The summed E-state index contributed by atoms with van der Waals surface area (Å²) in [6.07, 6.45) is 4.85. The number of benzene rings is 2. The van der Waals surface area contributed by atoms with Crippen LogP contribution in [0.2, 0.25) is 0 Å². The van der Waals surface area contributed by atoms with Crippen molar-refractivity contribution in [3.63, 3.8) is 0 Å². The van der Waals surface area contributed by atoms with Gasteiger partial charge in [0.15, 0.2) is 11.5 Å². The van der Waals surface area contributed by atoms with Crippen molar-refractivity contribution >= 4 is 21.6 Å². The van der Waals surface area contributed by atoms with Gasteiger partial charge in [-0.15, -0.1) is 0 Å². The van der Waals surface area contributed by atoms with Gasteiger partial charge in [-0.05, 0) is 37.1 Å². The standard InChI is InChI=1S/C21H24N2O5S/c24-21(22-15-6-1-2-7-15)17-8-3-4-9-18(17)23-29(25,26)16-10-11-19-20(14-16)28-13-5-12-27-19/h3-4,8-11,14-15,23H,1-2,5-7,12-13H2,(H,22,24). The van der Waals surface area contributed by atoms with Crippen LogP contribution in [-0.4, -0.2) is 33.6 Å². The maximum atomic E-state index is 13.0. The molecule has 0 aromatic heterocycles. The van der Waals surface area contributed by atoms with Gasteiger partial charge in [0.2, 0.25) is 0 Å². The molecule has 1 aliphatic heterocycles. The number of fused-ring (bicyclic) bond motifs is 1. The van der Waals surface area contributed by atoms with E-state index in [4.69, 9.17) is 9.47 Å².